The van der Waals surface area contributed by atoms with E-state index in [9.17, 15) is 8.42 Å². The van der Waals surface area contributed by atoms with Gasteiger partial charge in [-0.05, 0) is 12.8 Å². The SMILES string of the molecule is CC(C)CNS(=O)(=O)N[C@H](C)CO. The number of hydrogen-bond donors (Lipinski definition) is 3. The summed E-state index contributed by atoms with van der Waals surface area (Å²) in [5, 5.41) is 8.62. The van der Waals surface area contributed by atoms with Crippen LogP contribution in [-0.4, -0.2) is 32.7 Å². The second-order valence-electron chi connectivity index (χ2n) is 3.45. The van der Waals surface area contributed by atoms with Crippen LogP contribution in [0, 0.1) is 5.92 Å². The summed E-state index contributed by atoms with van der Waals surface area (Å²) < 4.78 is 27.0. The maximum atomic E-state index is 11.2. The highest BCUT2D eigenvalue weighted by atomic mass is 32.2. The van der Waals surface area contributed by atoms with Crippen LogP contribution in [0.1, 0.15) is 20.8 Å². The molecular formula is C7H18N2O3S. The van der Waals surface area contributed by atoms with Crippen molar-refractivity contribution in [2.45, 2.75) is 26.8 Å². The van der Waals surface area contributed by atoms with E-state index in [0.29, 0.717) is 6.54 Å². The monoisotopic (exact) mass is 210 g/mol. The van der Waals surface area contributed by atoms with Crippen molar-refractivity contribution < 1.29 is 13.5 Å². The third kappa shape index (κ3) is 6.94. The summed E-state index contributed by atoms with van der Waals surface area (Å²) >= 11 is 0. The van der Waals surface area contributed by atoms with Gasteiger partial charge in [0.05, 0.1) is 6.61 Å². The van der Waals surface area contributed by atoms with Gasteiger partial charge in [0.2, 0.25) is 0 Å². The number of aliphatic hydroxyl groups excluding tert-OH is 1. The van der Waals surface area contributed by atoms with Crippen molar-refractivity contribution in [3.8, 4) is 0 Å². The molecule has 0 aromatic carbocycles. The first kappa shape index (κ1) is 12.8. The van der Waals surface area contributed by atoms with Gasteiger partial charge in [-0.15, -0.1) is 0 Å². The Morgan fingerprint density at radius 1 is 1.31 bits per heavy atom. The van der Waals surface area contributed by atoms with Gasteiger partial charge in [0.15, 0.2) is 0 Å². The average molecular weight is 210 g/mol. The highest BCUT2D eigenvalue weighted by Crippen LogP contribution is 1.90. The van der Waals surface area contributed by atoms with Crippen LogP contribution in [0.15, 0.2) is 0 Å². The van der Waals surface area contributed by atoms with Crippen molar-refractivity contribution >= 4 is 10.2 Å². The van der Waals surface area contributed by atoms with Crippen molar-refractivity contribution in [1.82, 2.24) is 9.44 Å². The summed E-state index contributed by atoms with van der Waals surface area (Å²) in [7, 11) is -3.45. The van der Waals surface area contributed by atoms with E-state index in [0.717, 1.165) is 0 Å². The Labute approximate surface area is 79.7 Å². The molecule has 13 heavy (non-hydrogen) atoms. The molecule has 0 heterocycles. The predicted molar refractivity (Wildman–Crippen MR) is 51.4 cm³/mol. The first-order valence-electron chi connectivity index (χ1n) is 4.25. The highest BCUT2D eigenvalue weighted by molar-refractivity contribution is 7.87. The molecule has 0 saturated carbocycles. The van der Waals surface area contributed by atoms with Crippen LogP contribution in [-0.2, 0) is 10.2 Å². The Morgan fingerprint density at radius 3 is 2.23 bits per heavy atom. The largest absolute Gasteiger partial charge is 0.395 e. The smallest absolute Gasteiger partial charge is 0.277 e. The maximum Gasteiger partial charge on any atom is 0.277 e. The molecule has 0 bridgehead atoms. The van der Waals surface area contributed by atoms with Crippen LogP contribution in [0.2, 0.25) is 0 Å². The van der Waals surface area contributed by atoms with Crippen LogP contribution in [0.3, 0.4) is 0 Å². The minimum absolute atomic E-state index is 0.206. The molecular weight excluding hydrogens is 192 g/mol. The zero-order chi connectivity index (χ0) is 10.5. The molecule has 80 valence electrons. The summed E-state index contributed by atoms with van der Waals surface area (Å²) in [5.74, 6) is 0.265. The predicted octanol–water partition coefficient (Wildman–Crippen LogP) is -0.553. The van der Waals surface area contributed by atoms with E-state index in [1.165, 1.54) is 0 Å². The molecule has 0 spiro atoms. The lowest BCUT2D eigenvalue weighted by atomic mass is 10.2. The summed E-state index contributed by atoms with van der Waals surface area (Å²) in [5.41, 5.74) is 0. The van der Waals surface area contributed by atoms with Crippen LogP contribution >= 0.6 is 0 Å². The Kier molecular flexibility index (Phi) is 5.46. The second-order valence-corrected chi connectivity index (χ2v) is 4.98. The van der Waals surface area contributed by atoms with Crippen molar-refractivity contribution in [2.24, 2.45) is 5.92 Å². The van der Waals surface area contributed by atoms with Gasteiger partial charge in [0.25, 0.3) is 10.2 Å². The maximum absolute atomic E-state index is 11.2. The summed E-state index contributed by atoms with van der Waals surface area (Å²) in [4.78, 5) is 0. The fourth-order valence-electron chi connectivity index (χ4n) is 0.620. The molecule has 0 aromatic rings. The van der Waals surface area contributed by atoms with Crippen molar-refractivity contribution in [3.63, 3.8) is 0 Å². The average Bonchev–Trinajstić information content (AvgIpc) is 2.00. The Bertz CT molecular complexity index is 226. The van der Waals surface area contributed by atoms with Crippen molar-refractivity contribution in [1.29, 1.82) is 0 Å². The second kappa shape index (κ2) is 5.54. The zero-order valence-corrected chi connectivity index (χ0v) is 9.06. The number of hydrogen-bond acceptors (Lipinski definition) is 3. The molecule has 0 aliphatic rings. The van der Waals surface area contributed by atoms with E-state index in [1.54, 1.807) is 6.92 Å². The number of rotatable bonds is 6. The molecule has 0 rings (SSSR count). The van der Waals surface area contributed by atoms with E-state index in [4.69, 9.17) is 5.11 Å². The first-order valence-corrected chi connectivity index (χ1v) is 5.73. The van der Waals surface area contributed by atoms with E-state index >= 15 is 0 Å². The minimum atomic E-state index is -3.45. The third-order valence-corrected chi connectivity index (χ3v) is 2.57. The molecule has 1 atom stereocenters. The van der Waals surface area contributed by atoms with Gasteiger partial charge in [-0.3, -0.25) is 0 Å². The summed E-state index contributed by atoms with van der Waals surface area (Å²) in [6.07, 6.45) is 0. The van der Waals surface area contributed by atoms with E-state index in [2.05, 4.69) is 9.44 Å². The lowest BCUT2D eigenvalue weighted by Crippen LogP contribution is -2.43. The molecule has 0 fully saturated rings. The van der Waals surface area contributed by atoms with Gasteiger partial charge in [-0.2, -0.15) is 13.1 Å². The highest BCUT2D eigenvalue weighted by Gasteiger charge is 2.12. The molecule has 0 amide bonds. The molecule has 0 aromatic heterocycles. The molecule has 0 radical (unpaired) electrons. The zero-order valence-electron chi connectivity index (χ0n) is 8.24. The molecule has 0 aliphatic heterocycles. The van der Waals surface area contributed by atoms with Crippen LogP contribution < -0.4 is 9.44 Å². The first-order chi connectivity index (χ1) is 5.87. The molecule has 0 unspecified atom stereocenters. The molecule has 5 nitrogen and oxygen atoms in total. The quantitative estimate of drug-likeness (QED) is 0.550. The van der Waals surface area contributed by atoms with Crippen LogP contribution in [0.5, 0.6) is 0 Å². The molecule has 3 N–H and O–H groups in total. The number of nitrogens with one attached hydrogen (secondary N) is 2. The Balaban J connectivity index is 3.95. The van der Waals surface area contributed by atoms with Gasteiger partial charge in [0.1, 0.15) is 0 Å². The number of aliphatic hydroxyl groups is 1. The lowest BCUT2D eigenvalue weighted by molar-refractivity contribution is 0.265. The fourth-order valence-corrected chi connectivity index (χ4v) is 1.86. The summed E-state index contributed by atoms with van der Waals surface area (Å²) in [6.45, 7) is 5.61. The van der Waals surface area contributed by atoms with Crippen molar-refractivity contribution in [3.05, 3.63) is 0 Å². The van der Waals surface area contributed by atoms with E-state index < -0.39 is 16.3 Å². The molecule has 6 heteroatoms. The van der Waals surface area contributed by atoms with Gasteiger partial charge in [0, 0.05) is 12.6 Å². The third-order valence-electron chi connectivity index (χ3n) is 1.31. The Morgan fingerprint density at radius 2 is 1.85 bits per heavy atom. The standard InChI is InChI=1S/C7H18N2O3S/c1-6(2)4-8-13(11,12)9-7(3)5-10/h6-10H,4-5H2,1-3H3/t7-/m1/s1. The van der Waals surface area contributed by atoms with Gasteiger partial charge < -0.3 is 5.11 Å². The topological polar surface area (TPSA) is 78.4 Å². The van der Waals surface area contributed by atoms with Gasteiger partial charge >= 0.3 is 0 Å². The van der Waals surface area contributed by atoms with Crippen molar-refractivity contribution in [2.75, 3.05) is 13.2 Å². The minimum Gasteiger partial charge on any atom is -0.395 e. The lowest BCUT2D eigenvalue weighted by Gasteiger charge is -2.13. The normalized spacial score (nSPS) is 14.8. The van der Waals surface area contributed by atoms with Crippen LogP contribution in [0.25, 0.3) is 0 Å². The van der Waals surface area contributed by atoms with E-state index in [1.807, 2.05) is 13.8 Å². The van der Waals surface area contributed by atoms with E-state index in [-0.39, 0.29) is 12.5 Å². The molecule has 0 aliphatic carbocycles. The Hall–Kier alpha value is -0.170. The van der Waals surface area contributed by atoms with Gasteiger partial charge in [-0.25, -0.2) is 4.72 Å². The van der Waals surface area contributed by atoms with Crippen LogP contribution in [0.4, 0.5) is 0 Å². The fraction of sp³-hybridized carbons (Fsp3) is 1.00. The van der Waals surface area contributed by atoms with Gasteiger partial charge in [-0.1, -0.05) is 13.8 Å². The molecule has 0 saturated heterocycles. The summed E-state index contributed by atoms with van der Waals surface area (Å²) in [6, 6.07) is -0.454.